The van der Waals surface area contributed by atoms with E-state index < -0.39 is 0 Å². The second-order valence-electron chi connectivity index (χ2n) is 4.54. The van der Waals surface area contributed by atoms with Crippen LogP contribution in [0, 0.1) is 0 Å². The second kappa shape index (κ2) is 5.48. The Morgan fingerprint density at radius 2 is 1.94 bits per heavy atom. The molecule has 1 heterocycles. The van der Waals surface area contributed by atoms with Crippen LogP contribution in [0.2, 0.25) is 0 Å². The van der Waals surface area contributed by atoms with Crippen molar-refractivity contribution in [2.45, 2.75) is 38.1 Å². The molecule has 90 valence electrons. The summed E-state index contributed by atoms with van der Waals surface area (Å²) >= 11 is 5.10. The van der Waals surface area contributed by atoms with Crippen LogP contribution in [-0.4, -0.2) is 41.6 Å². The molecule has 4 nitrogen and oxygen atoms in total. The number of nitrogens with zero attached hydrogens (tertiary/aromatic N) is 1. The normalized spacial score (nSPS) is 20.4. The molecule has 0 bridgehead atoms. The first-order valence-electron chi connectivity index (χ1n) is 6.08. The summed E-state index contributed by atoms with van der Waals surface area (Å²) in [6.45, 7) is 2.14. The second-order valence-corrected chi connectivity index (χ2v) is 4.95. The van der Waals surface area contributed by atoms with Crippen molar-refractivity contribution in [3.05, 3.63) is 0 Å². The minimum absolute atomic E-state index is 0.166. The molecule has 0 aromatic carbocycles. The Morgan fingerprint density at radius 1 is 1.25 bits per heavy atom. The van der Waals surface area contributed by atoms with Gasteiger partial charge in [-0.25, -0.2) is 0 Å². The van der Waals surface area contributed by atoms with E-state index in [-0.39, 0.29) is 5.91 Å². The molecule has 2 fully saturated rings. The van der Waals surface area contributed by atoms with E-state index in [1.54, 1.807) is 0 Å². The van der Waals surface area contributed by atoms with Gasteiger partial charge >= 0.3 is 0 Å². The summed E-state index contributed by atoms with van der Waals surface area (Å²) < 4.78 is 0. The number of amides is 1. The number of hydrogen-bond acceptors (Lipinski definition) is 2. The summed E-state index contributed by atoms with van der Waals surface area (Å²) in [6.07, 6.45) is 5.91. The lowest BCUT2D eigenvalue weighted by Gasteiger charge is -2.27. The molecular formula is C11H19N3OS. The molecule has 1 aliphatic carbocycles. The molecule has 0 spiro atoms. The van der Waals surface area contributed by atoms with Gasteiger partial charge in [-0.05, 0) is 44.3 Å². The van der Waals surface area contributed by atoms with Crippen LogP contribution in [0.3, 0.4) is 0 Å². The Labute approximate surface area is 102 Å². The fourth-order valence-corrected chi connectivity index (χ4v) is 2.11. The van der Waals surface area contributed by atoms with Crippen LogP contribution < -0.4 is 10.6 Å². The van der Waals surface area contributed by atoms with E-state index in [0.29, 0.717) is 17.7 Å². The fraction of sp³-hybridized carbons (Fsp3) is 0.818. The lowest BCUT2D eigenvalue weighted by Crippen LogP contribution is -2.45. The van der Waals surface area contributed by atoms with Gasteiger partial charge in [-0.1, -0.05) is 0 Å². The van der Waals surface area contributed by atoms with Gasteiger partial charge in [0.2, 0.25) is 5.91 Å². The summed E-state index contributed by atoms with van der Waals surface area (Å²) in [4.78, 5) is 13.7. The first kappa shape index (κ1) is 11.6. The number of piperidine rings is 1. The molecule has 0 aromatic rings. The van der Waals surface area contributed by atoms with E-state index in [0.717, 1.165) is 25.9 Å². The SMILES string of the molecule is O=C(CNC(=S)NC1CC1)N1CCCCC1. The van der Waals surface area contributed by atoms with Crippen LogP contribution in [0.25, 0.3) is 0 Å². The highest BCUT2D eigenvalue weighted by Crippen LogP contribution is 2.18. The molecule has 16 heavy (non-hydrogen) atoms. The van der Waals surface area contributed by atoms with Crippen molar-refractivity contribution in [2.24, 2.45) is 0 Å². The number of rotatable bonds is 3. The fourth-order valence-electron chi connectivity index (χ4n) is 1.88. The Bertz CT molecular complexity index is 272. The van der Waals surface area contributed by atoms with Gasteiger partial charge in [-0.15, -0.1) is 0 Å². The molecule has 0 aromatic heterocycles. The van der Waals surface area contributed by atoms with Crippen molar-refractivity contribution in [3.8, 4) is 0 Å². The predicted molar refractivity (Wildman–Crippen MR) is 67.2 cm³/mol. The first-order valence-corrected chi connectivity index (χ1v) is 6.48. The molecule has 0 unspecified atom stereocenters. The van der Waals surface area contributed by atoms with E-state index in [9.17, 15) is 4.79 Å². The lowest BCUT2D eigenvalue weighted by molar-refractivity contribution is -0.130. The quantitative estimate of drug-likeness (QED) is 0.711. The standard InChI is InChI=1S/C11H19N3OS/c15-10(14-6-2-1-3-7-14)8-12-11(16)13-9-4-5-9/h9H,1-8H2,(H2,12,13,16). The van der Waals surface area contributed by atoms with E-state index in [1.165, 1.54) is 19.3 Å². The average molecular weight is 241 g/mol. The minimum Gasteiger partial charge on any atom is -0.360 e. The molecule has 1 aliphatic heterocycles. The summed E-state index contributed by atoms with van der Waals surface area (Å²) in [5.74, 6) is 0.166. The zero-order valence-corrected chi connectivity index (χ0v) is 10.3. The summed E-state index contributed by atoms with van der Waals surface area (Å²) in [5, 5.41) is 6.76. The van der Waals surface area contributed by atoms with Crippen LogP contribution in [0.4, 0.5) is 0 Å². The predicted octanol–water partition coefficient (Wildman–Crippen LogP) is 0.625. The molecule has 0 atom stereocenters. The van der Waals surface area contributed by atoms with Gasteiger partial charge in [-0.2, -0.15) is 0 Å². The van der Waals surface area contributed by atoms with Crippen LogP contribution in [0.1, 0.15) is 32.1 Å². The van der Waals surface area contributed by atoms with Gasteiger partial charge in [0.1, 0.15) is 0 Å². The van der Waals surface area contributed by atoms with E-state index in [2.05, 4.69) is 10.6 Å². The molecule has 2 rings (SSSR count). The highest BCUT2D eigenvalue weighted by atomic mass is 32.1. The maximum absolute atomic E-state index is 11.8. The van der Waals surface area contributed by atoms with Crippen LogP contribution in [0.15, 0.2) is 0 Å². The van der Waals surface area contributed by atoms with Crippen molar-refractivity contribution >= 4 is 23.2 Å². The highest BCUT2D eigenvalue weighted by molar-refractivity contribution is 7.80. The molecular weight excluding hydrogens is 222 g/mol. The third-order valence-corrected chi connectivity index (χ3v) is 3.28. The van der Waals surface area contributed by atoms with Gasteiger partial charge in [0, 0.05) is 19.1 Å². The molecule has 2 N–H and O–H groups in total. The summed E-state index contributed by atoms with van der Waals surface area (Å²) in [7, 11) is 0. The lowest BCUT2D eigenvalue weighted by atomic mass is 10.1. The summed E-state index contributed by atoms with van der Waals surface area (Å²) in [6, 6.07) is 0.546. The zero-order valence-electron chi connectivity index (χ0n) is 9.50. The third-order valence-electron chi connectivity index (χ3n) is 3.02. The number of carbonyl (C=O) groups is 1. The molecule has 0 radical (unpaired) electrons. The van der Waals surface area contributed by atoms with Crippen molar-refractivity contribution < 1.29 is 4.79 Å². The van der Waals surface area contributed by atoms with Gasteiger partial charge < -0.3 is 15.5 Å². The molecule has 1 amide bonds. The monoisotopic (exact) mass is 241 g/mol. The van der Waals surface area contributed by atoms with E-state index in [4.69, 9.17) is 12.2 Å². The third kappa shape index (κ3) is 3.63. The average Bonchev–Trinajstić information content (AvgIpc) is 3.11. The van der Waals surface area contributed by atoms with Crippen LogP contribution in [0.5, 0.6) is 0 Å². The molecule has 5 heteroatoms. The molecule has 2 aliphatic rings. The van der Waals surface area contributed by atoms with Crippen LogP contribution in [-0.2, 0) is 4.79 Å². The number of carbonyl (C=O) groups excluding carboxylic acids is 1. The van der Waals surface area contributed by atoms with Gasteiger partial charge in [0.15, 0.2) is 5.11 Å². The largest absolute Gasteiger partial charge is 0.360 e. The number of hydrogen-bond donors (Lipinski definition) is 2. The van der Waals surface area contributed by atoms with Crippen molar-refractivity contribution in [2.75, 3.05) is 19.6 Å². The topological polar surface area (TPSA) is 44.4 Å². The molecule has 1 saturated carbocycles. The maximum Gasteiger partial charge on any atom is 0.241 e. The minimum atomic E-state index is 0.166. The van der Waals surface area contributed by atoms with Crippen molar-refractivity contribution in [1.82, 2.24) is 15.5 Å². The van der Waals surface area contributed by atoms with E-state index >= 15 is 0 Å². The van der Waals surface area contributed by atoms with Gasteiger partial charge in [0.25, 0.3) is 0 Å². The maximum atomic E-state index is 11.8. The Morgan fingerprint density at radius 3 is 2.56 bits per heavy atom. The molecule has 1 saturated heterocycles. The number of thiocarbonyl (C=S) groups is 1. The Kier molecular flexibility index (Phi) is 3.98. The first-order chi connectivity index (χ1) is 7.75. The van der Waals surface area contributed by atoms with Crippen molar-refractivity contribution in [3.63, 3.8) is 0 Å². The Hall–Kier alpha value is -0.840. The van der Waals surface area contributed by atoms with Gasteiger partial charge in [0.05, 0.1) is 6.54 Å². The van der Waals surface area contributed by atoms with E-state index in [1.807, 2.05) is 4.90 Å². The smallest absolute Gasteiger partial charge is 0.241 e. The zero-order chi connectivity index (χ0) is 11.4. The number of likely N-dealkylation sites (tertiary alicyclic amines) is 1. The van der Waals surface area contributed by atoms with Crippen molar-refractivity contribution in [1.29, 1.82) is 0 Å². The number of nitrogens with one attached hydrogen (secondary N) is 2. The van der Waals surface area contributed by atoms with Crippen LogP contribution >= 0.6 is 12.2 Å². The Balaban J connectivity index is 1.63. The highest BCUT2D eigenvalue weighted by Gasteiger charge is 2.22. The summed E-state index contributed by atoms with van der Waals surface area (Å²) in [5.41, 5.74) is 0. The van der Waals surface area contributed by atoms with Gasteiger partial charge in [-0.3, -0.25) is 4.79 Å².